The molecule has 2 unspecified atom stereocenters. The van der Waals surface area contributed by atoms with Gasteiger partial charge in [-0.05, 0) is 32.6 Å². The van der Waals surface area contributed by atoms with E-state index in [4.69, 9.17) is 10.5 Å². The summed E-state index contributed by atoms with van der Waals surface area (Å²) in [6.45, 7) is 3.08. The minimum absolute atomic E-state index is 0.149. The van der Waals surface area contributed by atoms with Gasteiger partial charge in [-0.1, -0.05) is 0 Å². The molecule has 0 aromatic rings. The Balaban J connectivity index is 2.02. The number of hydrogen-bond acceptors (Lipinski definition) is 2. The zero-order chi connectivity index (χ0) is 7.90. The highest BCUT2D eigenvalue weighted by atomic mass is 16.5. The lowest BCUT2D eigenvalue weighted by molar-refractivity contribution is 0.0562. The minimum Gasteiger partial charge on any atom is -0.378 e. The molecule has 0 amide bonds. The monoisotopic (exact) mass is 155 g/mol. The first kappa shape index (κ1) is 7.56. The smallest absolute Gasteiger partial charge is 0.0593 e. The molecule has 11 heavy (non-hydrogen) atoms. The predicted molar refractivity (Wildman–Crippen MR) is 44.3 cm³/mol. The second-order valence-corrected chi connectivity index (χ2v) is 4.06. The molecular formula is C9H17NO. The van der Waals surface area contributed by atoms with Crippen LogP contribution in [0.1, 0.15) is 32.6 Å². The third kappa shape index (κ3) is 1.09. The van der Waals surface area contributed by atoms with E-state index >= 15 is 0 Å². The summed E-state index contributed by atoms with van der Waals surface area (Å²) >= 11 is 0. The van der Waals surface area contributed by atoms with Crippen molar-refractivity contribution in [3.63, 3.8) is 0 Å². The zero-order valence-electron chi connectivity index (χ0n) is 7.18. The molecule has 1 saturated heterocycles. The molecule has 2 aliphatic rings. The van der Waals surface area contributed by atoms with E-state index in [2.05, 4.69) is 6.92 Å². The van der Waals surface area contributed by atoms with Crippen LogP contribution < -0.4 is 5.73 Å². The van der Waals surface area contributed by atoms with Crippen LogP contribution in [0.4, 0.5) is 0 Å². The lowest BCUT2D eigenvalue weighted by atomic mass is 9.67. The molecule has 2 heteroatoms. The van der Waals surface area contributed by atoms with Crippen LogP contribution >= 0.6 is 0 Å². The third-order valence-electron chi connectivity index (χ3n) is 3.40. The molecule has 1 aliphatic heterocycles. The Morgan fingerprint density at radius 2 is 2.18 bits per heavy atom. The highest BCUT2D eigenvalue weighted by Crippen LogP contribution is 2.42. The molecule has 2 N–H and O–H groups in total. The lowest BCUT2D eigenvalue weighted by Gasteiger charge is -2.44. The number of hydrogen-bond donors (Lipinski definition) is 1. The largest absolute Gasteiger partial charge is 0.378 e. The second-order valence-electron chi connectivity index (χ2n) is 4.06. The fourth-order valence-corrected chi connectivity index (χ4v) is 2.44. The van der Waals surface area contributed by atoms with E-state index in [-0.39, 0.29) is 5.54 Å². The van der Waals surface area contributed by atoms with Gasteiger partial charge in [0, 0.05) is 18.1 Å². The molecular weight excluding hydrogens is 138 g/mol. The Labute approximate surface area is 68.1 Å². The molecule has 0 radical (unpaired) electrons. The van der Waals surface area contributed by atoms with Crippen molar-refractivity contribution in [1.82, 2.24) is 0 Å². The van der Waals surface area contributed by atoms with E-state index in [0.717, 1.165) is 6.61 Å². The topological polar surface area (TPSA) is 35.2 Å². The van der Waals surface area contributed by atoms with E-state index in [1.165, 1.54) is 25.7 Å². The molecule has 1 heterocycles. The van der Waals surface area contributed by atoms with Gasteiger partial charge in [0.25, 0.3) is 0 Å². The van der Waals surface area contributed by atoms with Crippen molar-refractivity contribution in [1.29, 1.82) is 0 Å². The predicted octanol–water partition coefficient (Wildman–Crippen LogP) is 1.29. The Morgan fingerprint density at radius 3 is 2.55 bits per heavy atom. The molecule has 2 nitrogen and oxygen atoms in total. The van der Waals surface area contributed by atoms with E-state index in [9.17, 15) is 0 Å². The summed E-state index contributed by atoms with van der Waals surface area (Å²) in [5, 5.41) is 0. The zero-order valence-corrected chi connectivity index (χ0v) is 7.18. The van der Waals surface area contributed by atoms with Crippen LogP contribution in [0, 0.1) is 5.92 Å². The van der Waals surface area contributed by atoms with Crippen molar-refractivity contribution in [2.45, 2.75) is 44.2 Å². The van der Waals surface area contributed by atoms with Crippen molar-refractivity contribution in [3.8, 4) is 0 Å². The molecule has 0 aromatic carbocycles. The first-order valence-corrected chi connectivity index (χ1v) is 4.63. The van der Waals surface area contributed by atoms with E-state index in [1.807, 2.05) is 0 Å². The van der Waals surface area contributed by atoms with E-state index in [0.29, 0.717) is 12.0 Å². The number of nitrogens with two attached hydrogens (primary N) is 1. The highest BCUT2D eigenvalue weighted by Gasteiger charge is 2.45. The maximum atomic E-state index is 6.22. The molecule has 0 bridgehead atoms. The molecule has 2 rings (SSSR count). The summed E-state index contributed by atoms with van der Waals surface area (Å²) in [4.78, 5) is 0. The molecule has 1 saturated carbocycles. The van der Waals surface area contributed by atoms with Crippen molar-refractivity contribution in [2.75, 3.05) is 6.61 Å². The van der Waals surface area contributed by atoms with Crippen molar-refractivity contribution in [2.24, 2.45) is 11.7 Å². The normalized spacial score (nSPS) is 42.0. The lowest BCUT2D eigenvalue weighted by Crippen LogP contribution is -2.54. The van der Waals surface area contributed by atoms with Gasteiger partial charge in [-0.2, -0.15) is 0 Å². The summed E-state index contributed by atoms with van der Waals surface area (Å²) in [7, 11) is 0. The summed E-state index contributed by atoms with van der Waals surface area (Å²) in [6.07, 6.45) is 5.33. The van der Waals surface area contributed by atoms with Gasteiger partial charge in [0.2, 0.25) is 0 Å². The molecule has 64 valence electrons. The summed E-state index contributed by atoms with van der Waals surface area (Å²) in [5.74, 6) is 0.635. The van der Waals surface area contributed by atoms with Crippen molar-refractivity contribution < 1.29 is 4.74 Å². The van der Waals surface area contributed by atoms with Crippen LogP contribution in [0.25, 0.3) is 0 Å². The Hall–Kier alpha value is -0.0800. The van der Waals surface area contributed by atoms with Gasteiger partial charge in [0.1, 0.15) is 0 Å². The van der Waals surface area contributed by atoms with Crippen LogP contribution in [-0.4, -0.2) is 18.2 Å². The fourth-order valence-electron chi connectivity index (χ4n) is 2.44. The van der Waals surface area contributed by atoms with Crippen molar-refractivity contribution >= 4 is 0 Å². The van der Waals surface area contributed by atoms with Crippen LogP contribution in [0.3, 0.4) is 0 Å². The Kier molecular flexibility index (Phi) is 1.69. The van der Waals surface area contributed by atoms with Crippen LogP contribution in [0.15, 0.2) is 0 Å². The van der Waals surface area contributed by atoms with Crippen LogP contribution in [-0.2, 0) is 4.74 Å². The summed E-state index contributed by atoms with van der Waals surface area (Å²) in [5.41, 5.74) is 6.37. The third-order valence-corrected chi connectivity index (χ3v) is 3.40. The average Bonchev–Trinajstić information content (AvgIpc) is 2.30. The van der Waals surface area contributed by atoms with Gasteiger partial charge in [0.15, 0.2) is 0 Å². The van der Waals surface area contributed by atoms with Gasteiger partial charge in [-0.25, -0.2) is 0 Å². The maximum absolute atomic E-state index is 6.22. The van der Waals surface area contributed by atoms with Gasteiger partial charge in [-0.3, -0.25) is 0 Å². The number of ether oxygens (including phenoxy) is 1. The molecule has 2 fully saturated rings. The SMILES string of the molecule is CC1OCCC1C1(N)CCC1. The van der Waals surface area contributed by atoms with E-state index in [1.54, 1.807) is 0 Å². The molecule has 1 aliphatic carbocycles. The molecule has 0 aromatic heterocycles. The van der Waals surface area contributed by atoms with E-state index < -0.39 is 0 Å². The maximum Gasteiger partial charge on any atom is 0.0593 e. The quantitative estimate of drug-likeness (QED) is 0.619. The van der Waals surface area contributed by atoms with Gasteiger partial charge < -0.3 is 10.5 Å². The summed E-state index contributed by atoms with van der Waals surface area (Å²) < 4.78 is 5.51. The van der Waals surface area contributed by atoms with Crippen LogP contribution in [0.2, 0.25) is 0 Å². The van der Waals surface area contributed by atoms with Gasteiger partial charge in [-0.15, -0.1) is 0 Å². The summed E-state index contributed by atoms with van der Waals surface area (Å²) in [6, 6.07) is 0. The van der Waals surface area contributed by atoms with Crippen LogP contribution in [0.5, 0.6) is 0 Å². The highest BCUT2D eigenvalue weighted by molar-refractivity contribution is 5.01. The first-order valence-electron chi connectivity index (χ1n) is 4.63. The fraction of sp³-hybridized carbons (Fsp3) is 1.00. The van der Waals surface area contributed by atoms with Gasteiger partial charge >= 0.3 is 0 Å². The van der Waals surface area contributed by atoms with Crippen molar-refractivity contribution in [3.05, 3.63) is 0 Å². The molecule has 2 atom stereocenters. The first-order chi connectivity index (χ1) is 5.22. The Morgan fingerprint density at radius 1 is 1.45 bits per heavy atom. The molecule has 0 spiro atoms. The minimum atomic E-state index is 0.149. The Bertz CT molecular complexity index is 154. The standard InChI is InChI=1S/C9H17NO/c1-7-8(3-6-11-7)9(10)4-2-5-9/h7-8H,2-6,10H2,1H3. The average molecular weight is 155 g/mol. The number of rotatable bonds is 1. The second kappa shape index (κ2) is 2.46. The van der Waals surface area contributed by atoms with Gasteiger partial charge in [0.05, 0.1) is 6.10 Å².